The molecule has 0 spiro atoms. The van der Waals surface area contributed by atoms with Crippen molar-refractivity contribution in [3.8, 4) is 55.8 Å². The smallest absolute Gasteiger partial charge is 0.143 e. The SMILES string of the molecule is c1ccc(-c2cccc(-c3ccc(N(c4ccc(-c5cccc(-c6oc7ccccc7c6-c6ccccc6)c5)cc4)c4cc5ccccc5c5ccccc45)cc3)c2)cc1. The maximum atomic E-state index is 6.60. The number of furan rings is 1. The molecule has 0 radical (unpaired) electrons. The summed E-state index contributed by atoms with van der Waals surface area (Å²) in [5.74, 6) is 0.880. The molecule has 0 aliphatic heterocycles. The van der Waals surface area contributed by atoms with E-state index in [1.54, 1.807) is 0 Å². The molecule has 11 rings (SSSR count). The molecule has 0 saturated heterocycles. The van der Waals surface area contributed by atoms with Gasteiger partial charge in [-0.3, -0.25) is 0 Å². The summed E-state index contributed by atoms with van der Waals surface area (Å²) in [5, 5.41) is 6.01. The van der Waals surface area contributed by atoms with Crippen LogP contribution in [-0.2, 0) is 0 Å². The van der Waals surface area contributed by atoms with E-state index in [1.165, 1.54) is 43.8 Å². The Hall–Kier alpha value is -7.94. The van der Waals surface area contributed by atoms with Gasteiger partial charge in [0.2, 0.25) is 0 Å². The largest absolute Gasteiger partial charge is 0.455 e. The van der Waals surface area contributed by atoms with Gasteiger partial charge in [-0.2, -0.15) is 0 Å². The van der Waals surface area contributed by atoms with Gasteiger partial charge >= 0.3 is 0 Å². The predicted octanol–water partition coefficient (Wildman–Crippen LogP) is 16.5. The van der Waals surface area contributed by atoms with Crippen molar-refractivity contribution in [3.05, 3.63) is 237 Å². The maximum Gasteiger partial charge on any atom is 0.143 e. The van der Waals surface area contributed by atoms with Crippen molar-refractivity contribution in [2.24, 2.45) is 0 Å². The lowest BCUT2D eigenvalue weighted by Crippen LogP contribution is -2.10. The van der Waals surface area contributed by atoms with Crippen LogP contribution in [0.2, 0.25) is 0 Å². The topological polar surface area (TPSA) is 16.4 Å². The van der Waals surface area contributed by atoms with E-state index in [4.69, 9.17) is 4.42 Å². The molecular formula is C58H39NO. The lowest BCUT2D eigenvalue weighted by atomic mass is 9.96. The van der Waals surface area contributed by atoms with E-state index in [9.17, 15) is 0 Å². The van der Waals surface area contributed by atoms with Crippen molar-refractivity contribution >= 4 is 49.6 Å². The van der Waals surface area contributed by atoms with Gasteiger partial charge in [-0.15, -0.1) is 0 Å². The van der Waals surface area contributed by atoms with E-state index in [0.29, 0.717) is 0 Å². The number of rotatable bonds is 8. The molecule has 60 heavy (non-hydrogen) atoms. The molecule has 0 amide bonds. The van der Waals surface area contributed by atoms with Gasteiger partial charge < -0.3 is 9.32 Å². The minimum atomic E-state index is 0.880. The van der Waals surface area contributed by atoms with Crippen molar-refractivity contribution in [2.75, 3.05) is 4.90 Å². The molecule has 0 aliphatic carbocycles. The number of hydrogen-bond acceptors (Lipinski definition) is 2. The Balaban J connectivity index is 1.00. The van der Waals surface area contributed by atoms with Gasteiger partial charge in [0.25, 0.3) is 0 Å². The third kappa shape index (κ3) is 6.41. The molecule has 0 bridgehead atoms. The summed E-state index contributed by atoms with van der Waals surface area (Å²) >= 11 is 0. The van der Waals surface area contributed by atoms with Crippen molar-refractivity contribution < 1.29 is 4.42 Å². The molecule has 0 aliphatic rings. The molecule has 0 atom stereocenters. The molecule has 0 fully saturated rings. The molecule has 0 unspecified atom stereocenters. The molecular weight excluding hydrogens is 727 g/mol. The Morgan fingerprint density at radius 1 is 0.283 bits per heavy atom. The first kappa shape index (κ1) is 35.2. The first-order valence-electron chi connectivity index (χ1n) is 20.5. The minimum absolute atomic E-state index is 0.880. The lowest BCUT2D eigenvalue weighted by molar-refractivity contribution is 0.632. The average molecular weight is 766 g/mol. The highest BCUT2D eigenvalue weighted by Gasteiger charge is 2.20. The molecule has 2 heteroatoms. The fourth-order valence-corrected chi connectivity index (χ4v) is 8.74. The Kier molecular flexibility index (Phi) is 8.87. The molecule has 0 N–H and O–H groups in total. The van der Waals surface area contributed by atoms with Crippen LogP contribution in [0, 0.1) is 0 Å². The van der Waals surface area contributed by atoms with Gasteiger partial charge in [0.15, 0.2) is 0 Å². The molecule has 282 valence electrons. The number of hydrogen-bond donors (Lipinski definition) is 0. The highest BCUT2D eigenvalue weighted by molar-refractivity contribution is 6.14. The average Bonchev–Trinajstić information content (AvgIpc) is 3.73. The molecule has 0 saturated carbocycles. The zero-order valence-corrected chi connectivity index (χ0v) is 32.9. The number of anilines is 3. The summed E-state index contributed by atoms with van der Waals surface area (Å²) < 4.78 is 6.60. The van der Waals surface area contributed by atoms with Crippen LogP contribution < -0.4 is 4.90 Å². The third-order valence-electron chi connectivity index (χ3n) is 11.7. The Morgan fingerprint density at radius 3 is 1.37 bits per heavy atom. The van der Waals surface area contributed by atoms with E-state index >= 15 is 0 Å². The first-order valence-corrected chi connectivity index (χ1v) is 20.5. The normalized spacial score (nSPS) is 11.3. The van der Waals surface area contributed by atoms with Crippen LogP contribution >= 0.6 is 0 Å². The van der Waals surface area contributed by atoms with E-state index in [2.05, 4.69) is 235 Å². The summed E-state index contributed by atoms with van der Waals surface area (Å²) in [4.78, 5) is 2.40. The van der Waals surface area contributed by atoms with E-state index in [-0.39, 0.29) is 0 Å². The van der Waals surface area contributed by atoms with Crippen LogP contribution in [0.5, 0.6) is 0 Å². The van der Waals surface area contributed by atoms with Crippen LogP contribution in [0.1, 0.15) is 0 Å². The molecule has 10 aromatic carbocycles. The maximum absolute atomic E-state index is 6.60. The van der Waals surface area contributed by atoms with Crippen molar-refractivity contribution in [2.45, 2.75) is 0 Å². The van der Waals surface area contributed by atoms with Crippen LogP contribution in [0.15, 0.2) is 241 Å². The zero-order chi connectivity index (χ0) is 39.8. The second kappa shape index (κ2) is 15.1. The monoisotopic (exact) mass is 765 g/mol. The van der Waals surface area contributed by atoms with Crippen LogP contribution in [0.3, 0.4) is 0 Å². The number of fused-ring (bicyclic) bond motifs is 4. The number of para-hydroxylation sites is 1. The molecule has 1 heterocycles. The first-order chi connectivity index (χ1) is 29.7. The Morgan fingerprint density at radius 2 is 0.733 bits per heavy atom. The molecule has 1 aromatic heterocycles. The third-order valence-corrected chi connectivity index (χ3v) is 11.7. The van der Waals surface area contributed by atoms with Crippen molar-refractivity contribution in [3.63, 3.8) is 0 Å². The van der Waals surface area contributed by atoms with Gasteiger partial charge in [0.05, 0.1) is 5.69 Å². The van der Waals surface area contributed by atoms with Crippen LogP contribution in [0.4, 0.5) is 17.1 Å². The second-order valence-electron chi connectivity index (χ2n) is 15.3. The van der Waals surface area contributed by atoms with Gasteiger partial charge in [-0.1, -0.05) is 188 Å². The Bertz CT molecular complexity index is 3290. The van der Waals surface area contributed by atoms with Crippen LogP contribution in [-0.4, -0.2) is 0 Å². The molecule has 11 aromatic rings. The summed E-state index contributed by atoms with van der Waals surface area (Å²) in [5.41, 5.74) is 14.5. The summed E-state index contributed by atoms with van der Waals surface area (Å²) in [7, 11) is 0. The van der Waals surface area contributed by atoms with Crippen LogP contribution in [0.25, 0.3) is 88.3 Å². The summed E-state index contributed by atoms with van der Waals surface area (Å²) in [6, 6.07) is 84.7. The standard InChI is InChI=1S/C58H39NO/c1-3-15-40(16-4-1)44-20-13-21-45(37-44)41-29-33-49(34-30-41)59(55-39-47-19-7-8-24-51(47)52-25-9-10-26-53(52)55)50-35-31-42(32-36-50)46-22-14-23-48(38-46)58-57(43-17-5-2-6-18-43)54-27-11-12-28-56(54)60-58/h1-39H. The quantitative estimate of drug-likeness (QED) is 0.143. The predicted molar refractivity (Wildman–Crippen MR) is 253 cm³/mol. The van der Waals surface area contributed by atoms with E-state index in [0.717, 1.165) is 61.6 Å². The van der Waals surface area contributed by atoms with E-state index < -0.39 is 0 Å². The fraction of sp³-hybridized carbons (Fsp3) is 0. The zero-order valence-electron chi connectivity index (χ0n) is 32.9. The Labute approximate surface area is 349 Å². The van der Waals surface area contributed by atoms with E-state index in [1.807, 2.05) is 6.07 Å². The number of nitrogens with zero attached hydrogens (tertiary/aromatic N) is 1. The summed E-state index contributed by atoms with van der Waals surface area (Å²) in [6.45, 7) is 0. The van der Waals surface area contributed by atoms with Crippen molar-refractivity contribution in [1.29, 1.82) is 0 Å². The van der Waals surface area contributed by atoms with Gasteiger partial charge in [0.1, 0.15) is 11.3 Å². The lowest BCUT2D eigenvalue weighted by Gasteiger charge is -2.28. The molecule has 2 nitrogen and oxygen atoms in total. The highest BCUT2D eigenvalue weighted by atomic mass is 16.3. The minimum Gasteiger partial charge on any atom is -0.455 e. The van der Waals surface area contributed by atoms with Gasteiger partial charge in [0, 0.05) is 33.3 Å². The fourth-order valence-electron chi connectivity index (χ4n) is 8.74. The van der Waals surface area contributed by atoms with Gasteiger partial charge in [-0.25, -0.2) is 0 Å². The summed E-state index contributed by atoms with van der Waals surface area (Å²) in [6.07, 6.45) is 0. The highest BCUT2D eigenvalue weighted by Crippen LogP contribution is 2.44. The van der Waals surface area contributed by atoms with Crippen molar-refractivity contribution in [1.82, 2.24) is 0 Å². The second-order valence-corrected chi connectivity index (χ2v) is 15.3. The van der Waals surface area contributed by atoms with Gasteiger partial charge in [-0.05, 0) is 104 Å². The number of benzene rings is 10.